The smallest absolute Gasteiger partial charge is 0.160 e. The van der Waals surface area contributed by atoms with Crippen LogP contribution in [0.2, 0.25) is 0 Å². The van der Waals surface area contributed by atoms with Crippen molar-refractivity contribution < 1.29 is 0 Å². The van der Waals surface area contributed by atoms with E-state index < -0.39 is 0 Å². The first-order valence-corrected chi connectivity index (χ1v) is 24.6. The Kier molecular flexibility index (Phi) is 8.92. The van der Waals surface area contributed by atoms with Crippen molar-refractivity contribution in [1.29, 1.82) is 0 Å². The summed E-state index contributed by atoms with van der Waals surface area (Å²) in [5, 5.41) is 13.1. The number of hydrogen-bond donors (Lipinski definition) is 0. The maximum atomic E-state index is 5.47. The Morgan fingerprint density at radius 2 is 0.833 bits per heavy atom. The minimum absolute atomic E-state index is 0.691. The van der Waals surface area contributed by atoms with Crippen LogP contribution in [0.15, 0.2) is 255 Å². The van der Waals surface area contributed by atoms with Gasteiger partial charge in [0.25, 0.3) is 0 Å². The Morgan fingerprint density at radius 1 is 0.250 bits per heavy atom. The van der Waals surface area contributed by atoms with Crippen molar-refractivity contribution in [2.24, 2.45) is 0 Å². The van der Waals surface area contributed by atoms with E-state index in [0.29, 0.717) is 5.82 Å². The zero-order valence-electron chi connectivity index (χ0n) is 39.0. The third-order valence-corrected chi connectivity index (χ3v) is 14.8. The molecule has 0 spiro atoms. The molecule has 4 nitrogen and oxygen atoms in total. The lowest BCUT2D eigenvalue weighted by Gasteiger charge is -2.14. The molecule has 0 saturated carbocycles. The summed E-state index contributed by atoms with van der Waals surface area (Å²) < 4.78 is 4.92. The molecule has 72 heavy (non-hydrogen) atoms. The monoisotopic (exact) mass is 914 g/mol. The van der Waals surface area contributed by atoms with Crippen LogP contribution in [0.1, 0.15) is 0 Å². The van der Waals surface area contributed by atoms with Crippen LogP contribution < -0.4 is 0 Å². The molecule has 15 rings (SSSR count). The Hall–Kier alpha value is -9.64. The molecule has 15 aromatic rings. The van der Waals surface area contributed by atoms with E-state index in [1.165, 1.54) is 59.6 Å². The largest absolute Gasteiger partial charge is 0.309 e. The van der Waals surface area contributed by atoms with E-state index in [4.69, 9.17) is 9.97 Å². The third-order valence-electron chi connectivity index (χ3n) is 14.8. The molecule has 0 unspecified atom stereocenters. The summed E-state index contributed by atoms with van der Waals surface area (Å²) in [6.07, 6.45) is 0. The maximum absolute atomic E-state index is 5.47. The van der Waals surface area contributed by atoms with Gasteiger partial charge < -0.3 is 9.13 Å². The van der Waals surface area contributed by atoms with Crippen LogP contribution >= 0.6 is 0 Å². The minimum Gasteiger partial charge on any atom is -0.309 e. The van der Waals surface area contributed by atoms with Crippen molar-refractivity contribution in [3.63, 3.8) is 0 Å². The predicted molar refractivity (Wildman–Crippen MR) is 302 cm³/mol. The Morgan fingerprint density at radius 3 is 1.62 bits per heavy atom. The second-order valence-electron chi connectivity index (χ2n) is 19.0. The lowest BCUT2D eigenvalue weighted by molar-refractivity contribution is 1.17. The summed E-state index contributed by atoms with van der Waals surface area (Å²) in [5.41, 5.74) is 15.4. The third kappa shape index (κ3) is 6.40. The van der Waals surface area contributed by atoms with Crippen molar-refractivity contribution in [3.05, 3.63) is 255 Å². The molecule has 0 aliphatic carbocycles. The zero-order chi connectivity index (χ0) is 47.3. The van der Waals surface area contributed by atoms with Gasteiger partial charge in [0.05, 0.1) is 33.3 Å². The molecule has 0 bridgehead atoms. The molecule has 0 atom stereocenters. The van der Waals surface area contributed by atoms with E-state index in [1.807, 2.05) is 0 Å². The van der Waals surface area contributed by atoms with Gasteiger partial charge in [-0.3, -0.25) is 0 Å². The SMILES string of the molecule is c1ccc(-c2cc(-c3ccccc3)cc(-c3nc(-c4ccc5ccc(-n6c7ccc(-n8c9ccccc9c9ccc%10ccccc%10c98)cc7c7cc8ccccc8cc76)cc5c4)nc4ccccc34)c2)cc1. The second kappa shape index (κ2) is 16.0. The lowest BCUT2D eigenvalue weighted by Crippen LogP contribution is -1.97. The van der Waals surface area contributed by atoms with E-state index in [9.17, 15) is 0 Å². The first-order valence-electron chi connectivity index (χ1n) is 24.6. The first-order chi connectivity index (χ1) is 35.7. The van der Waals surface area contributed by atoms with Crippen LogP contribution in [0.5, 0.6) is 0 Å². The van der Waals surface area contributed by atoms with Gasteiger partial charge in [0.1, 0.15) is 0 Å². The van der Waals surface area contributed by atoms with Crippen molar-refractivity contribution in [3.8, 4) is 56.3 Å². The van der Waals surface area contributed by atoms with E-state index in [-0.39, 0.29) is 0 Å². The highest BCUT2D eigenvalue weighted by molar-refractivity contribution is 6.19. The molecule has 0 N–H and O–H groups in total. The van der Waals surface area contributed by atoms with Crippen LogP contribution in [0.3, 0.4) is 0 Å². The summed E-state index contributed by atoms with van der Waals surface area (Å²) >= 11 is 0. The van der Waals surface area contributed by atoms with Gasteiger partial charge in [-0.25, -0.2) is 9.97 Å². The average Bonchev–Trinajstić information content (AvgIpc) is 3.96. The molecular weight excluding hydrogens is 873 g/mol. The van der Waals surface area contributed by atoms with Crippen LogP contribution in [-0.2, 0) is 0 Å². The van der Waals surface area contributed by atoms with Crippen LogP contribution in [0.4, 0.5) is 0 Å². The fraction of sp³-hybridized carbons (Fsp3) is 0. The molecule has 0 radical (unpaired) electrons. The van der Waals surface area contributed by atoms with Crippen molar-refractivity contribution in [2.75, 3.05) is 0 Å². The second-order valence-corrected chi connectivity index (χ2v) is 19.0. The molecule has 3 heterocycles. The highest BCUT2D eigenvalue weighted by Crippen LogP contribution is 2.42. The average molecular weight is 915 g/mol. The fourth-order valence-corrected chi connectivity index (χ4v) is 11.4. The van der Waals surface area contributed by atoms with Gasteiger partial charge in [-0.05, 0) is 128 Å². The van der Waals surface area contributed by atoms with Gasteiger partial charge in [-0.1, -0.05) is 176 Å². The molecule has 12 aromatic carbocycles. The van der Waals surface area contributed by atoms with E-state index in [1.54, 1.807) is 0 Å². The van der Waals surface area contributed by atoms with Gasteiger partial charge in [0.2, 0.25) is 0 Å². The van der Waals surface area contributed by atoms with E-state index in [0.717, 1.165) is 77.6 Å². The van der Waals surface area contributed by atoms with Gasteiger partial charge in [-0.15, -0.1) is 0 Å². The summed E-state index contributed by atoms with van der Waals surface area (Å²) in [6.45, 7) is 0. The van der Waals surface area contributed by atoms with E-state index in [2.05, 4.69) is 264 Å². The molecule has 0 aliphatic heterocycles. The Bertz CT molecular complexity index is 4620. The number of benzene rings is 12. The summed E-state index contributed by atoms with van der Waals surface area (Å²) in [6, 6.07) is 92.5. The van der Waals surface area contributed by atoms with Gasteiger partial charge >= 0.3 is 0 Å². The number of rotatable bonds is 6. The Labute approximate surface area is 415 Å². The number of nitrogens with zero attached hydrogens (tertiary/aromatic N) is 4. The number of fused-ring (bicyclic) bond motifs is 11. The molecular formula is C68H42N4. The van der Waals surface area contributed by atoms with Crippen LogP contribution in [-0.4, -0.2) is 19.1 Å². The standard InChI is InChI=1S/C68H42N4/c1-3-15-43(16-4-1)50-36-51(44-17-5-2-6-18-44)38-53(37-50)66-59-24-11-13-25-62(59)69-68(70-66)49-28-27-45-29-31-54(39-52(45)35-49)71-64-34-32-55(42-61(64)60-40-47-20-7-8-21-48(47)41-65(60)71)72-63-26-14-12-23-57(63)58-33-30-46-19-9-10-22-56(46)67(58)72/h1-42H. The van der Waals surface area contributed by atoms with Crippen LogP contribution in [0, 0.1) is 0 Å². The summed E-state index contributed by atoms with van der Waals surface area (Å²) in [7, 11) is 0. The number of aromatic nitrogens is 4. The highest BCUT2D eigenvalue weighted by Gasteiger charge is 2.20. The van der Waals surface area contributed by atoms with E-state index >= 15 is 0 Å². The van der Waals surface area contributed by atoms with Crippen molar-refractivity contribution in [1.82, 2.24) is 19.1 Å². The summed E-state index contributed by atoms with van der Waals surface area (Å²) in [4.78, 5) is 10.7. The molecule has 0 saturated heterocycles. The number of hydrogen-bond acceptors (Lipinski definition) is 2. The van der Waals surface area contributed by atoms with Crippen molar-refractivity contribution >= 4 is 86.8 Å². The van der Waals surface area contributed by atoms with Crippen molar-refractivity contribution in [2.45, 2.75) is 0 Å². The first kappa shape index (κ1) is 40.3. The molecule has 4 heteroatoms. The maximum Gasteiger partial charge on any atom is 0.160 e. The van der Waals surface area contributed by atoms with Gasteiger partial charge in [0.15, 0.2) is 5.82 Å². The molecule has 0 amide bonds. The zero-order valence-corrected chi connectivity index (χ0v) is 39.0. The topological polar surface area (TPSA) is 35.6 Å². The quantitative estimate of drug-likeness (QED) is 0.167. The van der Waals surface area contributed by atoms with Crippen LogP contribution in [0.25, 0.3) is 143 Å². The predicted octanol–water partition coefficient (Wildman–Crippen LogP) is 18.0. The minimum atomic E-state index is 0.691. The molecule has 0 fully saturated rings. The fourth-order valence-electron chi connectivity index (χ4n) is 11.4. The summed E-state index contributed by atoms with van der Waals surface area (Å²) in [5.74, 6) is 0.691. The highest BCUT2D eigenvalue weighted by atomic mass is 15.0. The lowest BCUT2D eigenvalue weighted by atomic mass is 9.94. The molecule has 3 aromatic heterocycles. The Balaban J connectivity index is 0.910. The molecule has 0 aliphatic rings. The normalized spacial score (nSPS) is 11.9. The van der Waals surface area contributed by atoms with Gasteiger partial charge in [0, 0.05) is 54.8 Å². The molecule has 334 valence electrons. The number of para-hydroxylation sites is 2. The van der Waals surface area contributed by atoms with Gasteiger partial charge in [-0.2, -0.15) is 0 Å².